The molecule has 6 nitrogen and oxygen atoms in total. The number of anilines is 1. The molecule has 31 heavy (non-hydrogen) atoms. The molecule has 0 fully saturated rings. The smallest absolute Gasteiger partial charge is 0.255 e. The summed E-state index contributed by atoms with van der Waals surface area (Å²) in [6, 6.07) is 19.9. The molecule has 2 amide bonds. The molecule has 0 bridgehead atoms. The van der Waals surface area contributed by atoms with Gasteiger partial charge >= 0.3 is 0 Å². The summed E-state index contributed by atoms with van der Waals surface area (Å²) in [6.45, 7) is -0.0843. The number of rotatable bonds is 4. The van der Waals surface area contributed by atoms with E-state index >= 15 is 0 Å². The van der Waals surface area contributed by atoms with Gasteiger partial charge in [-0.05, 0) is 42.0 Å². The number of halogens is 1. The fraction of sp³-hybridized carbons (Fsp3) is 0.167. The molecular weight excluding hydrogens is 460 g/mol. The fourth-order valence-electron chi connectivity index (χ4n) is 3.80. The van der Waals surface area contributed by atoms with Gasteiger partial charge in [0.1, 0.15) is 6.54 Å². The van der Waals surface area contributed by atoms with Crippen LogP contribution in [0.2, 0.25) is 0 Å². The van der Waals surface area contributed by atoms with Crippen molar-refractivity contribution in [1.29, 1.82) is 0 Å². The van der Waals surface area contributed by atoms with Crippen molar-refractivity contribution in [2.75, 3.05) is 26.1 Å². The first-order valence-electron chi connectivity index (χ1n) is 9.69. The summed E-state index contributed by atoms with van der Waals surface area (Å²) in [5.74, 6) is 0.446. The first-order valence-corrected chi connectivity index (χ1v) is 10.5. The van der Waals surface area contributed by atoms with E-state index in [1.54, 1.807) is 30.2 Å². The highest BCUT2D eigenvalue weighted by Gasteiger charge is 2.34. The van der Waals surface area contributed by atoms with Gasteiger partial charge in [-0.3, -0.25) is 9.59 Å². The predicted octanol–water partition coefficient (Wildman–Crippen LogP) is 4.65. The number of benzene rings is 3. The van der Waals surface area contributed by atoms with Gasteiger partial charge in [0.25, 0.3) is 5.91 Å². The lowest BCUT2D eigenvalue weighted by atomic mass is 9.95. The molecule has 1 atom stereocenters. The first kappa shape index (κ1) is 20.9. The maximum atomic E-state index is 13.7. The molecule has 1 N–H and O–H groups in total. The molecule has 1 aliphatic rings. The van der Waals surface area contributed by atoms with Gasteiger partial charge in [-0.2, -0.15) is 0 Å². The van der Waals surface area contributed by atoms with Crippen molar-refractivity contribution in [3.63, 3.8) is 0 Å². The minimum absolute atomic E-state index is 0.0843. The lowest BCUT2D eigenvalue weighted by Gasteiger charge is -2.31. The quantitative estimate of drug-likeness (QED) is 0.589. The van der Waals surface area contributed by atoms with E-state index in [0.717, 1.165) is 15.6 Å². The second kappa shape index (κ2) is 8.81. The van der Waals surface area contributed by atoms with Gasteiger partial charge in [-0.25, -0.2) is 0 Å². The van der Waals surface area contributed by atoms with Crippen LogP contribution in [0.1, 0.15) is 27.5 Å². The van der Waals surface area contributed by atoms with Crippen LogP contribution in [0.15, 0.2) is 71.2 Å². The molecule has 0 spiro atoms. The highest BCUT2D eigenvalue weighted by molar-refractivity contribution is 9.10. The molecule has 158 valence electrons. The molecule has 0 saturated heterocycles. The Morgan fingerprint density at radius 2 is 1.74 bits per heavy atom. The highest BCUT2D eigenvalue weighted by Crippen LogP contribution is 2.38. The van der Waals surface area contributed by atoms with E-state index in [4.69, 9.17) is 9.47 Å². The Balaban J connectivity index is 1.86. The van der Waals surface area contributed by atoms with Crippen molar-refractivity contribution in [1.82, 2.24) is 4.90 Å². The van der Waals surface area contributed by atoms with Crippen LogP contribution in [0.5, 0.6) is 11.5 Å². The van der Waals surface area contributed by atoms with E-state index in [0.29, 0.717) is 22.7 Å². The molecule has 0 aliphatic carbocycles. The molecule has 0 radical (unpaired) electrons. The average molecular weight is 481 g/mol. The fourth-order valence-corrected chi connectivity index (χ4v) is 4.18. The number of methoxy groups -OCH3 is 2. The topological polar surface area (TPSA) is 67.9 Å². The standard InChI is InChI=1S/C24H21BrN2O4/c1-30-20-11-8-16(12-21(20)31-2)24(29)27-14-22(28)26-19-10-9-17(25)13-18(19)23(27)15-6-4-3-5-7-15/h3-13,23H,14H2,1-2H3,(H,26,28)/t23-/m0/s1. The maximum absolute atomic E-state index is 13.7. The van der Waals surface area contributed by atoms with Gasteiger partial charge in [0, 0.05) is 21.3 Å². The summed E-state index contributed by atoms with van der Waals surface area (Å²) in [7, 11) is 3.06. The van der Waals surface area contributed by atoms with E-state index in [1.165, 1.54) is 7.11 Å². The number of fused-ring (bicyclic) bond motifs is 1. The predicted molar refractivity (Wildman–Crippen MR) is 122 cm³/mol. The monoisotopic (exact) mass is 480 g/mol. The second-order valence-corrected chi connectivity index (χ2v) is 8.01. The molecule has 0 saturated carbocycles. The molecule has 3 aromatic rings. The third-order valence-corrected chi connectivity index (χ3v) is 5.71. The van der Waals surface area contributed by atoms with Crippen LogP contribution in [0.4, 0.5) is 5.69 Å². The van der Waals surface area contributed by atoms with Gasteiger partial charge in [0.05, 0.1) is 20.3 Å². The van der Waals surface area contributed by atoms with E-state index in [2.05, 4.69) is 21.2 Å². The number of carbonyl (C=O) groups is 2. The lowest BCUT2D eigenvalue weighted by Crippen LogP contribution is -2.39. The Kier molecular flexibility index (Phi) is 5.95. The van der Waals surface area contributed by atoms with Crippen LogP contribution >= 0.6 is 15.9 Å². The normalized spacial score (nSPS) is 15.5. The molecule has 4 rings (SSSR count). The van der Waals surface area contributed by atoms with Crippen LogP contribution in [-0.4, -0.2) is 37.5 Å². The second-order valence-electron chi connectivity index (χ2n) is 7.10. The van der Waals surface area contributed by atoms with Crippen molar-refractivity contribution in [3.8, 4) is 11.5 Å². The third kappa shape index (κ3) is 4.14. The molecule has 0 unspecified atom stereocenters. The number of nitrogens with zero attached hydrogens (tertiary/aromatic N) is 1. The number of hydrogen-bond acceptors (Lipinski definition) is 4. The highest BCUT2D eigenvalue weighted by atomic mass is 79.9. The van der Waals surface area contributed by atoms with Gasteiger partial charge in [-0.1, -0.05) is 46.3 Å². The summed E-state index contributed by atoms with van der Waals surface area (Å²) in [5.41, 5.74) is 2.84. The zero-order chi connectivity index (χ0) is 22.0. The van der Waals surface area contributed by atoms with Crippen molar-refractivity contribution < 1.29 is 19.1 Å². The summed E-state index contributed by atoms with van der Waals surface area (Å²) >= 11 is 3.52. The molecular formula is C24H21BrN2O4. The minimum atomic E-state index is -0.451. The molecule has 0 aromatic heterocycles. The van der Waals surface area contributed by atoms with Crippen LogP contribution in [0.3, 0.4) is 0 Å². The summed E-state index contributed by atoms with van der Waals surface area (Å²) < 4.78 is 11.5. The number of nitrogens with one attached hydrogen (secondary N) is 1. The Bertz CT molecular complexity index is 1130. The zero-order valence-corrected chi connectivity index (χ0v) is 18.7. The van der Waals surface area contributed by atoms with Crippen LogP contribution in [0, 0.1) is 0 Å². The number of ether oxygens (including phenoxy) is 2. The minimum Gasteiger partial charge on any atom is -0.493 e. The SMILES string of the molecule is COc1ccc(C(=O)N2CC(=O)Nc3ccc(Br)cc3[C@@H]2c2ccccc2)cc1OC. The maximum Gasteiger partial charge on any atom is 0.255 e. The van der Waals surface area contributed by atoms with E-state index in [9.17, 15) is 9.59 Å². The Morgan fingerprint density at radius 3 is 2.45 bits per heavy atom. The largest absolute Gasteiger partial charge is 0.493 e. The van der Waals surface area contributed by atoms with Gasteiger partial charge in [0.2, 0.25) is 5.91 Å². The molecule has 7 heteroatoms. The average Bonchev–Trinajstić information content (AvgIpc) is 2.94. The van der Waals surface area contributed by atoms with Crippen molar-refractivity contribution in [2.24, 2.45) is 0 Å². The van der Waals surface area contributed by atoms with E-state index in [-0.39, 0.29) is 18.4 Å². The molecule has 1 heterocycles. The van der Waals surface area contributed by atoms with Crippen LogP contribution in [0.25, 0.3) is 0 Å². The number of hydrogen-bond donors (Lipinski definition) is 1. The van der Waals surface area contributed by atoms with Gasteiger partial charge in [0.15, 0.2) is 11.5 Å². The lowest BCUT2D eigenvalue weighted by molar-refractivity contribution is -0.117. The van der Waals surface area contributed by atoms with Crippen LogP contribution < -0.4 is 14.8 Å². The van der Waals surface area contributed by atoms with Crippen molar-refractivity contribution in [3.05, 3.63) is 87.9 Å². The number of carbonyl (C=O) groups excluding carboxylic acids is 2. The molecule has 1 aliphatic heterocycles. The Morgan fingerprint density at radius 1 is 1.00 bits per heavy atom. The van der Waals surface area contributed by atoms with E-state index in [1.807, 2.05) is 48.5 Å². The zero-order valence-electron chi connectivity index (χ0n) is 17.1. The Hall–Kier alpha value is -3.32. The van der Waals surface area contributed by atoms with Crippen molar-refractivity contribution >= 4 is 33.4 Å². The summed E-state index contributed by atoms with van der Waals surface area (Å²) in [5, 5.41) is 2.93. The summed E-state index contributed by atoms with van der Waals surface area (Å²) in [4.78, 5) is 28.0. The number of amides is 2. The summed E-state index contributed by atoms with van der Waals surface area (Å²) in [6.07, 6.45) is 0. The first-order chi connectivity index (χ1) is 15.0. The Labute approximate surface area is 188 Å². The van der Waals surface area contributed by atoms with E-state index < -0.39 is 6.04 Å². The van der Waals surface area contributed by atoms with Crippen LogP contribution in [-0.2, 0) is 4.79 Å². The third-order valence-electron chi connectivity index (χ3n) is 5.21. The van der Waals surface area contributed by atoms with Crippen molar-refractivity contribution in [2.45, 2.75) is 6.04 Å². The molecule has 3 aromatic carbocycles. The van der Waals surface area contributed by atoms with Gasteiger partial charge in [-0.15, -0.1) is 0 Å². The van der Waals surface area contributed by atoms with Gasteiger partial charge < -0.3 is 19.7 Å².